The van der Waals surface area contributed by atoms with Gasteiger partial charge in [0.1, 0.15) is 17.4 Å². The normalized spacial score (nSPS) is 19.7. The Balaban J connectivity index is 0.905. The summed E-state index contributed by atoms with van der Waals surface area (Å²) in [5.74, 6) is -3.29. The van der Waals surface area contributed by atoms with Gasteiger partial charge in [0, 0.05) is 76.4 Å². The van der Waals surface area contributed by atoms with Gasteiger partial charge in [0.2, 0.25) is 11.7 Å². The molecule has 3 aromatic heterocycles. The highest BCUT2D eigenvalue weighted by molar-refractivity contribution is 5.94. The second-order valence-corrected chi connectivity index (χ2v) is 18.0. The van der Waals surface area contributed by atoms with Crippen molar-refractivity contribution in [1.29, 1.82) is 0 Å². The number of alkyl halides is 3. The number of rotatable bonds is 16. The zero-order chi connectivity index (χ0) is 50.8. The van der Waals surface area contributed by atoms with Crippen LogP contribution in [0.2, 0.25) is 0 Å². The van der Waals surface area contributed by atoms with Crippen LogP contribution in [0.3, 0.4) is 0 Å². The molecule has 382 valence electrons. The number of urea groups is 2. The van der Waals surface area contributed by atoms with Crippen LogP contribution in [0.4, 0.5) is 34.4 Å². The molecule has 3 aliphatic rings. The Labute approximate surface area is 412 Å². The zero-order valence-corrected chi connectivity index (χ0v) is 39.6. The summed E-state index contributed by atoms with van der Waals surface area (Å²) in [4.78, 5) is 86.4. The average molecular weight is 998 g/mol. The second kappa shape index (κ2) is 23.1. The number of hydrogen-bond donors (Lipinski definition) is 7. The molecule has 4 atom stereocenters. The van der Waals surface area contributed by atoms with Gasteiger partial charge in [-0.3, -0.25) is 9.59 Å². The molecule has 7 N–H and O–H groups in total. The number of hydrogen-bond acceptors (Lipinski definition) is 13. The van der Waals surface area contributed by atoms with E-state index in [9.17, 15) is 42.3 Å². The van der Waals surface area contributed by atoms with E-state index in [0.29, 0.717) is 25.9 Å². The molecule has 23 heteroatoms. The minimum atomic E-state index is -5.37. The summed E-state index contributed by atoms with van der Waals surface area (Å²) in [5, 5.41) is 28.9. The van der Waals surface area contributed by atoms with Gasteiger partial charge in [-0.15, -0.1) is 0 Å². The van der Waals surface area contributed by atoms with Gasteiger partial charge in [0.15, 0.2) is 17.6 Å². The third-order valence-electron chi connectivity index (χ3n) is 13.2. The summed E-state index contributed by atoms with van der Waals surface area (Å²) >= 11 is 0. The van der Waals surface area contributed by atoms with Gasteiger partial charge >= 0.3 is 24.2 Å². The first-order valence-electron chi connectivity index (χ1n) is 24.1. The Morgan fingerprint density at radius 2 is 1.43 bits per heavy atom. The van der Waals surface area contributed by atoms with E-state index in [1.807, 2.05) is 78.9 Å². The summed E-state index contributed by atoms with van der Waals surface area (Å²) in [6.45, 7) is 4.33. The number of imidazole rings is 1. The van der Waals surface area contributed by atoms with Crippen molar-refractivity contribution in [3.05, 3.63) is 108 Å². The molecule has 3 fully saturated rings. The molecule has 0 radical (unpaired) electrons. The van der Waals surface area contributed by atoms with Crippen molar-refractivity contribution in [2.24, 2.45) is 0 Å². The number of benzene rings is 2. The molecular weight excluding hydrogens is 940 g/mol. The number of aliphatic hydroxyl groups excluding tert-OH is 1. The van der Waals surface area contributed by atoms with Crippen LogP contribution in [0.1, 0.15) is 79.2 Å². The number of ether oxygens (including phenoxy) is 1. The monoisotopic (exact) mass is 997 g/mol. The minimum absolute atomic E-state index is 0.0176. The number of pyridine rings is 1. The number of likely N-dealkylation sites (tertiary alicyclic amines) is 1. The van der Waals surface area contributed by atoms with Crippen molar-refractivity contribution in [3.8, 4) is 0 Å². The van der Waals surface area contributed by atoms with Gasteiger partial charge in [0.25, 0.3) is 5.91 Å². The Bertz CT molecular complexity index is 2610. The molecule has 5 aromatic rings. The van der Waals surface area contributed by atoms with E-state index < -0.39 is 54.3 Å². The van der Waals surface area contributed by atoms with Gasteiger partial charge in [-0.05, 0) is 55.4 Å². The first-order chi connectivity index (χ1) is 34.7. The maximum absolute atomic E-state index is 13.8. The summed E-state index contributed by atoms with van der Waals surface area (Å²) in [6, 6.07) is 22.2. The number of amides is 6. The Morgan fingerprint density at radius 3 is 2.07 bits per heavy atom. The number of piperidine rings is 2. The topological polar surface area (TPSA) is 250 Å². The number of aromatic nitrogens is 5. The Kier molecular flexibility index (Phi) is 16.3. The lowest BCUT2D eigenvalue weighted by molar-refractivity contribution is -0.209. The highest BCUT2D eigenvalue weighted by atomic mass is 19.4. The summed E-state index contributed by atoms with van der Waals surface area (Å²) in [6.07, 6.45) is -3.36. The Hall–Kier alpha value is -7.56. The molecule has 1 saturated carbocycles. The van der Waals surface area contributed by atoms with Gasteiger partial charge in [-0.1, -0.05) is 73.7 Å². The third-order valence-corrected chi connectivity index (χ3v) is 13.2. The predicted octanol–water partition coefficient (Wildman–Crippen LogP) is 4.01. The molecule has 1 aliphatic carbocycles. The first kappa shape index (κ1) is 50.8. The standard InChI is InChI=1S/C49H58F3N13O7/c1-2-38(66)60-35-27-36(40(67)41(35)72-46(69)49(50,51)52)65-29-57-39-42(56-28-34(30-11-5-3-6-12-30)31-13-7-4-8-14-31)61-43(62-44(39)65)45(68)54-21-22-55-47(70)58-32-18-25-64(26-19-32)48(71)59-33-16-23-63(24-17-33)37-15-9-10-20-53-37/h3-15,20,29,32-36,40-41,67H,2,16-19,21-28H2,1H3,(H,54,68)(H,59,71)(H,60,66)(H2,55,58,70)(H,56,61,62)/t35-,36+,40-,41+/m0/s1. The molecule has 0 unspecified atom stereocenters. The SMILES string of the molecule is CCC(=O)N[C@H]1C[C@@H](n2cnc3c(NCC(c4ccccc4)c4ccccc4)nc(C(=O)NCCNC(=O)NC4CCN(C(=O)NC5CCN(c6ccccn6)CC5)CC4)nc32)[C@H](O)[C@@H]1OC(=O)C(F)(F)F. The number of esters is 1. The van der Waals surface area contributed by atoms with Crippen LogP contribution in [-0.2, 0) is 14.3 Å². The predicted molar refractivity (Wildman–Crippen MR) is 258 cm³/mol. The highest BCUT2D eigenvalue weighted by Gasteiger charge is 2.51. The number of nitrogens with zero attached hydrogens (tertiary/aromatic N) is 7. The molecule has 0 bridgehead atoms. The molecule has 2 aromatic carbocycles. The van der Waals surface area contributed by atoms with Gasteiger partial charge in [-0.25, -0.2) is 34.3 Å². The smallest absolute Gasteiger partial charge is 0.451 e. The van der Waals surface area contributed by atoms with Crippen LogP contribution in [0.15, 0.2) is 91.4 Å². The number of carbonyl (C=O) groups excluding carboxylic acids is 5. The van der Waals surface area contributed by atoms with E-state index in [4.69, 9.17) is 4.74 Å². The fourth-order valence-corrected chi connectivity index (χ4v) is 9.40. The molecule has 20 nitrogen and oxygen atoms in total. The molecule has 8 rings (SSSR count). The van der Waals surface area contributed by atoms with Crippen molar-refractivity contribution < 1.29 is 47.0 Å². The van der Waals surface area contributed by atoms with Crippen LogP contribution in [-0.4, -0.2) is 147 Å². The van der Waals surface area contributed by atoms with Crippen molar-refractivity contribution in [2.75, 3.05) is 56.0 Å². The van der Waals surface area contributed by atoms with E-state index in [0.717, 1.165) is 42.9 Å². The third kappa shape index (κ3) is 12.5. The molecule has 2 saturated heterocycles. The molecule has 6 amide bonds. The van der Waals surface area contributed by atoms with Gasteiger partial charge in [-0.2, -0.15) is 13.2 Å². The van der Waals surface area contributed by atoms with E-state index in [2.05, 4.69) is 56.7 Å². The average Bonchev–Trinajstić information content (AvgIpc) is 3.95. The maximum atomic E-state index is 13.8. The molecule has 0 spiro atoms. The van der Waals surface area contributed by atoms with Crippen molar-refractivity contribution >= 4 is 52.6 Å². The molecule has 5 heterocycles. The zero-order valence-electron chi connectivity index (χ0n) is 39.6. The van der Waals surface area contributed by atoms with E-state index in [1.165, 1.54) is 17.8 Å². The maximum Gasteiger partial charge on any atom is 0.490 e. The van der Waals surface area contributed by atoms with E-state index in [-0.39, 0.29) is 79.3 Å². The molecular formula is C49H58F3N13O7. The van der Waals surface area contributed by atoms with E-state index >= 15 is 0 Å². The van der Waals surface area contributed by atoms with Crippen molar-refractivity contribution in [2.45, 2.75) is 93.9 Å². The Morgan fingerprint density at radius 1 is 0.792 bits per heavy atom. The number of aliphatic hydroxyl groups is 1. The number of fused-ring (bicyclic) bond motifs is 1. The lowest BCUT2D eigenvalue weighted by Crippen LogP contribution is -2.54. The highest BCUT2D eigenvalue weighted by Crippen LogP contribution is 2.37. The van der Waals surface area contributed by atoms with Crippen LogP contribution in [0.5, 0.6) is 0 Å². The number of carbonyl (C=O) groups is 5. The van der Waals surface area contributed by atoms with Crippen LogP contribution >= 0.6 is 0 Å². The summed E-state index contributed by atoms with van der Waals surface area (Å²) in [5.41, 5.74) is 2.14. The van der Waals surface area contributed by atoms with Gasteiger partial charge < -0.3 is 56.1 Å². The number of anilines is 2. The van der Waals surface area contributed by atoms with Crippen LogP contribution < -0.4 is 36.8 Å². The lowest BCUT2D eigenvalue weighted by Gasteiger charge is -2.36. The summed E-state index contributed by atoms with van der Waals surface area (Å²) < 4.78 is 46.3. The minimum Gasteiger partial charge on any atom is -0.451 e. The quantitative estimate of drug-likeness (QED) is 0.0546. The number of nitrogens with one attached hydrogen (secondary N) is 6. The first-order valence-corrected chi connectivity index (χ1v) is 24.1. The van der Waals surface area contributed by atoms with Gasteiger partial charge in [0.05, 0.1) is 18.4 Å². The number of halogens is 3. The second-order valence-electron chi connectivity index (χ2n) is 18.0. The van der Waals surface area contributed by atoms with E-state index in [1.54, 1.807) is 11.1 Å². The lowest BCUT2D eigenvalue weighted by atomic mass is 9.91. The fourth-order valence-electron chi connectivity index (χ4n) is 9.40. The molecule has 2 aliphatic heterocycles. The molecule has 72 heavy (non-hydrogen) atoms. The largest absolute Gasteiger partial charge is 0.490 e. The van der Waals surface area contributed by atoms with Crippen LogP contribution in [0, 0.1) is 0 Å². The van der Waals surface area contributed by atoms with Crippen molar-refractivity contribution in [1.82, 2.24) is 56.0 Å². The van der Waals surface area contributed by atoms with Crippen molar-refractivity contribution in [3.63, 3.8) is 0 Å². The summed E-state index contributed by atoms with van der Waals surface area (Å²) in [7, 11) is 0. The fraction of sp³-hybridized carbons (Fsp3) is 0.449. The van der Waals surface area contributed by atoms with Crippen LogP contribution in [0.25, 0.3) is 11.2 Å².